The molecule has 0 aliphatic heterocycles. The lowest BCUT2D eigenvalue weighted by Gasteiger charge is -2.14. The van der Waals surface area contributed by atoms with Crippen molar-refractivity contribution >= 4 is 49.4 Å². The highest BCUT2D eigenvalue weighted by Crippen LogP contribution is 2.33. The van der Waals surface area contributed by atoms with E-state index < -0.39 is 18.1 Å². The molecule has 2 heterocycles. The summed E-state index contributed by atoms with van der Waals surface area (Å²) in [6.07, 6.45) is -3.40. The van der Waals surface area contributed by atoms with Gasteiger partial charge in [0.2, 0.25) is 0 Å². The van der Waals surface area contributed by atoms with E-state index in [-0.39, 0.29) is 16.9 Å². The highest BCUT2D eigenvalue weighted by Gasteiger charge is 2.39. The van der Waals surface area contributed by atoms with E-state index in [4.69, 9.17) is 0 Å². The molecular weight excluding hydrogens is 508 g/mol. The smallest absolute Gasteiger partial charge is 0.360 e. The van der Waals surface area contributed by atoms with Crippen LogP contribution in [0.1, 0.15) is 28.9 Å². The van der Waals surface area contributed by atoms with E-state index in [1.807, 2.05) is 18.2 Å². The zero-order chi connectivity index (χ0) is 26.3. The van der Waals surface area contributed by atoms with E-state index in [9.17, 15) is 27.2 Å². The molecule has 5 aromatic rings. The third kappa shape index (κ3) is 5.03. The molecule has 1 unspecified atom stereocenters. The van der Waals surface area contributed by atoms with Crippen molar-refractivity contribution in [3.8, 4) is 11.1 Å². The summed E-state index contributed by atoms with van der Waals surface area (Å²) in [5.41, 5.74) is 3.76. The van der Waals surface area contributed by atoms with Crippen molar-refractivity contribution in [3.05, 3.63) is 83.8 Å². The summed E-state index contributed by atoms with van der Waals surface area (Å²) >= 11 is 0.930. The fourth-order valence-electron chi connectivity index (χ4n) is 3.95. The lowest BCUT2D eigenvalue weighted by molar-refractivity contribution is -0.167. The van der Waals surface area contributed by atoms with E-state index in [1.165, 1.54) is 12.1 Å². The van der Waals surface area contributed by atoms with Crippen LogP contribution < -0.4 is 10.6 Å². The van der Waals surface area contributed by atoms with Gasteiger partial charge < -0.3 is 10.3 Å². The number of thiazole rings is 1. The predicted molar refractivity (Wildman–Crippen MR) is 134 cm³/mol. The van der Waals surface area contributed by atoms with Crippen LogP contribution in [-0.2, 0) is 4.79 Å². The summed E-state index contributed by atoms with van der Waals surface area (Å²) in [6, 6.07) is 16.3. The zero-order valence-electron chi connectivity index (χ0n) is 19.1. The Kier molecular flexibility index (Phi) is 6.16. The van der Waals surface area contributed by atoms with Crippen molar-refractivity contribution in [1.29, 1.82) is 0 Å². The van der Waals surface area contributed by atoms with Gasteiger partial charge in [-0.2, -0.15) is 13.2 Å². The van der Waals surface area contributed by atoms with Crippen LogP contribution in [0.25, 0.3) is 32.2 Å². The van der Waals surface area contributed by atoms with Crippen LogP contribution in [0.15, 0.2) is 66.9 Å². The molecule has 3 aromatic carbocycles. The maximum Gasteiger partial charge on any atom is 0.471 e. The average Bonchev–Trinajstić information content (AvgIpc) is 3.46. The van der Waals surface area contributed by atoms with E-state index in [0.29, 0.717) is 26.7 Å². The summed E-state index contributed by atoms with van der Waals surface area (Å²) in [7, 11) is 0. The Morgan fingerprint density at radius 2 is 1.78 bits per heavy atom. The van der Waals surface area contributed by atoms with E-state index in [0.717, 1.165) is 28.0 Å². The predicted octanol–water partition coefficient (Wildman–Crippen LogP) is 6.58. The van der Waals surface area contributed by atoms with Gasteiger partial charge in [0.25, 0.3) is 5.91 Å². The molecule has 5 rings (SSSR count). The Labute approximate surface area is 211 Å². The number of amides is 2. The van der Waals surface area contributed by atoms with Crippen LogP contribution in [0.5, 0.6) is 0 Å². The Balaban J connectivity index is 1.41. The van der Waals surface area contributed by atoms with Gasteiger partial charge in [-0.25, -0.2) is 9.37 Å². The third-order valence-electron chi connectivity index (χ3n) is 5.82. The first-order chi connectivity index (χ1) is 17.6. The lowest BCUT2D eigenvalue weighted by atomic mass is 10.0. The van der Waals surface area contributed by atoms with Crippen molar-refractivity contribution in [2.24, 2.45) is 0 Å². The number of hydrogen-bond acceptors (Lipinski definition) is 4. The number of nitrogens with zero attached hydrogens (tertiary/aromatic N) is 1. The van der Waals surface area contributed by atoms with E-state index in [1.54, 1.807) is 48.8 Å². The lowest BCUT2D eigenvalue weighted by Crippen LogP contribution is -2.29. The molecule has 37 heavy (non-hydrogen) atoms. The van der Waals surface area contributed by atoms with Gasteiger partial charge >= 0.3 is 12.1 Å². The Morgan fingerprint density at radius 1 is 1.03 bits per heavy atom. The van der Waals surface area contributed by atoms with Gasteiger partial charge in [0.15, 0.2) is 5.13 Å². The molecule has 1 atom stereocenters. The van der Waals surface area contributed by atoms with Crippen LogP contribution in [-0.4, -0.2) is 28.0 Å². The molecule has 0 fully saturated rings. The molecule has 0 radical (unpaired) electrons. The second-order valence-electron chi connectivity index (χ2n) is 8.37. The van der Waals surface area contributed by atoms with Crippen LogP contribution in [0.2, 0.25) is 0 Å². The van der Waals surface area contributed by atoms with Crippen LogP contribution >= 0.6 is 11.3 Å². The number of benzene rings is 3. The molecule has 3 N–H and O–H groups in total. The van der Waals surface area contributed by atoms with Crippen LogP contribution in [0, 0.1) is 5.82 Å². The second kappa shape index (κ2) is 9.32. The van der Waals surface area contributed by atoms with Gasteiger partial charge in [-0.05, 0) is 60.0 Å². The summed E-state index contributed by atoms with van der Waals surface area (Å²) < 4.78 is 51.8. The first-order valence-corrected chi connectivity index (χ1v) is 11.9. The normalized spacial score (nSPS) is 12.6. The molecular formula is C26H18F4N4O2S. The van der Waals surface area contributed by atoms with Crippen LogP contribution in [0.4, 0.5) is 22.7 Å². The average molecular weight is 527 g/mol. The number of alkyl halides is 3. The summed E-state index contributed by atoms with van der Waals surface area (Å²) in [5.74, 6) is -2.80. The molecule has 2 amide bonds. The molecule has 0 aliphatic rings. The fourth-order valence-corrected chi connectivity index (χ4v) is 4.85. The quantitative estimate of drug-likeness (QED) is 0.226. The number of carbonyl (C=O) groups excluding carboxylic acids is 2. The second-order valence-corrected chi connectivity index (χ2v) is 9.40. The maximum absolute atomic E-state index is 13.6. The number of aromatic nitrogens is 2. The van der Waals surface area contributed by atoms with Gasteiger partial charge in [0, 0.05) is 17.1 Å². The molecule has 0 saturated heterocycles. The summed E-state index contributed by atoms with van der Waals surface area (Å²) in [4.78, 5) is 31.4. The van der Waals surface area contributed by atoms with Crippen molar-refractivity contribution < 1.29 is 27.2 Å². The topological polar surface area (TPSA) is 86.9 Å². The van der Waals surface area contributed by atoms with E-state index in [2.05, 4.69) is 15.3 Å². The van der Waals surface area contributed by atoms with Crippen molar-refractivity contribution in [1.82, 2.24) is 15.3 Å². The summed E-state index contributed by atoms with van der Waals surface area (Å²) in [5, 5.41) is 5.18. The molecule has 6 nitrogen and oxygen atoms in total. The number of fused-ring (bicyclic) bond motifs is 2. The molecule has 188 valence electrons. The number of H-pyrrole nitrogens is 1. The van der Waals surface area contributed by atoms with Gasteiger partial charge in [-0.15, -0.1) is 0 Å². The standard InChI is InChI=1S/C26H18F4N4O2S/c1-13(14-3-2-4-17(27)9-14)32-23(35)19-12-31-20-7-5-15(10-18(19)20)16-6-8-21-22(11-16)37-25(33-21)34-24(36)26(28,29)30/h2-13,31H,1H3,(H,32,35)(H,33,34,36). The van der Waals surface area contributed by atoms with Gasteiger partial charge in [-0.1, -0.05) is 35.6 Å². The van der Waals surface area contributed by atoms with Crippen molar-refractivity contribution in [3.63, 3.8) is 0 Å². The Bertz CT molecular complexity index is 1660. The molecule has 0 saturated carbocycles. The number of aromatic amines is 1. The highest BCUT2D eigenvalue weighted by atomic mass is 32.1. The monoisotopic (exact) mass is 526 g/mol. The number of hydrogen-bond donors (Lipinski definition) is 3. The Morgan fingerprint density at radius 3 is 2.54 bits per heavy atom. The minimum Gasteiger partial charge on any atom is -0.360 e. The highest BCUT2D eigenvalue weighted by molar-refractivity contribution is 7.22. The van der Waals surface area contributed by atoms with Gasteiger partial charge in [0.05, 0.1) is 21.8 Å². The maximum atomic E-state index is 13.6. The molecule has 0 spiro atoms. The minimum absolute atomic E-state index is 0.151. The van der Waals surface area contributed by atoms with Gasteiger partial charge in [0.1, 0.15) is 5.82 Å². The largest absolute Gasteiger partial charge is 0.471 e. The van der Waals surface area contributed by atoms with Crippen molar-refractivity contribution in [2.45, 2.75) is 19.1 Å². The molecule has 0 bridgehead atoms. The number of halogens is 4. The molecule has 11 heteroatoms. The zero-order valence-corrected chi connectivity index (χ0v) is 19.9. The van der Waals surface area contributed by atoms with Gasteiger partial charge in [-0.3, -0.25) is 14.9 Å². The fraction of sp³-hybridized carbons (Fsp3) is 0.115. The van der Waals surface area contributed by atoms with E-state index >= 15 is 0 Å². The number of carbonyl (C=O) groups is 2. The Hall–Kier alpha value is -4.25. The first-order valence-electron chi connectivity index (χ1n) is 11.0. The number of nitrogens with one attached hydrogen (secondary N) is 3. The number of rotatable bonds is 5. The van der Waals surface area contributed by atoms with Crippen LogP contribution in [0.3, 0.4) is 0 Å². The third-order valence-corrected chi connectivity index (χ3v) is 6.76. The first kappa shape index (κ1) is 24.4. The van der Waals surface area contributed by atoms with Crippen molar-refractivity contribution in [2.75, 3.05) is 5.32 Å². The molecule has 0 aliphatic carbocycles. The number of anilines is 1. The summed E-state index contributed by atoms with van der Waals surface area (Å²) in [6.45, 7) is 1.77. The SMILES string of the molecule is CC(NC(=O)c1c[nH]c2ccc(-c3ccc4nc(NC(=O)C(F)(F)F)sc4c3)cc12)c1cccc(F)c1. The molecule has 2 aromatic heterocycles. The minimum atomic E-state index is -5.01.